The molecule has 0 spiro atoms. The van der Waals surface area contributed by atoms with Crippen LogP contribution >= 0.6 is 0 Å². The smallest absolute Gasteiger partial charge is 0.415 e. The van der Waals surface area contributed by atoms with Gasteiger partial charge in [0.2, 0.25) is 8.32 Å². The minimum atomic E-state index is -2.07. The van der Waals surface area contributed by atoms with E-state index >= 15 is 0 Å². The molecule has 1 amide bonds. The third-order valence-corrected chi connectivity index (χ3v) is 11.8. The van der Waals surface area contributed by atoms with Crippen LogP contribution in [0.1, 0.15) is 34.6 Å². The van der Waals surface area contributed by atoms with Crippen LogP contribution in [0.5, 0.6) is 28.7 Å². The summed E-state index contributed by atoms with van der Waals surface area (Å²) in [5.74, 6) is 2.81. The highest BCUT2D eigenvalue weighted by molar-refractivity contribution is 6.74. The van der Waals surface area contributed by atoms with Crippen molar-refractivity contribution in [3.8, 4) is 39.9 Å². The molecule has 0 saturated heterocycles. The zero-order chi connectivity index (χ0) is 29.7. The monoisotopic (exact) mass is 569 g/mol. The van der Waals surface area contributed by atoms with Gasteiger partial charge in [-0.15, -0.1) is 0 Å². The van der Waals surface area contributed by atoms with E-state index in [0.29, 0.717) is 52.4 Å². The fourth-order valence-corrected chi connectivity index (χ4v) is 5.16. The molecule has 0 aromatic heterocycles. The molecule has 0 atom stereocenters. The van der Waals surface area contributed by atoms with Crippen molar-refractivity contribution in [2.75, 3.05) is 41.2 Å². The van der Waals surface area contributed by atoms with Crippen LogP contribution in [0.4, 0.5) is 4.79 Å². The Bertz CT molecular complexity index is 1330. The van der Waals surface area contributed by atoms with E-state index < -0.39 is 14.4 Å². The maximum absolute atomic E-state index is 13.2. The maximum atomic E-state index is 13.2. The minimum Gasteiger partial charge on any atom is -0.543 e. The molecule has 3 aromatic carbocycles. The number of nitrogens with zero attached hydrogens (tertiary/aromatic N) is 1. The summed E-state index contributed by atoms with van der Waals surface area (Å²) in [6.45, 7) is 15.9. The first-order valence-electron chi connectivity index (χ1n) is 13.5. The fraction of sp³-hybridized carbons (Fsp3) is 0.452. The predicted octanol–water partition coefficient (Wildman–Crippen LogP) is 7.73. The molecule has 0 radical (unpaired) electrons. The molecular weight excluding hydrogens is 526 g/mol. The van der Waals surface area contributed by atoms with E-state index in [1.165, 1.54) is 0 Å². The van der Waals surface area contributed by atoms with Crippen LogP contribution < -0.4 is 23.4 Å². The zero-order valence-electron chi connectivity index (χ0n) is 25.5. The number of benzene rings is 3. The number of hydrogen-bond donors (Lipinski definition) is 0. The van der Waals surface area contributed by atoms with Gasteiger partial charge in [-0.25, -0.2) is 4.79 Å². The van der Waals surface area contributed by atoms with Crippen molar-refractivity contribution in [3.05, 3.63) is 42.5 Å². The van der Waals surface area contributed by atoms with Crippen molar-refractivity contribution in [2.45, 2.75) is 52.8 Å². The molecule has 40 heavy (non-hydrogen) atoms. The summed E-state index contributed by atoms with van der Waals surface area (Å²) >= 11 is 0. The van der Waals surface area contributed by atoms with Crippen LogP contribution in [-0.4, -0.2) is 60.5 Å². The molecule has 0 aliphatic heterocycles. The molecule has 9 heteroatoms. The third-order valence-electron chi connectivity index (χ3n) is 7.44. The van der Waals surface area contributed by atoms with Crippen LogP contribution in [0.15, 0.2) is 42.5 Å². The van der Waals surface area contributed by atoms with Crippen LogP contribution in [0.25, 0.3) is 21.9 Å². The highest BCUT2D eigenvalue weighted by Crippen LogP contribution is 2.48. The van der Waals surface area contributed by atoms with E-state index in [0.717, 1.165) is 11.3 Å². The molecular formula is C31H43NO7Si. The van der Waals surface area contributed by atoms with Crippen LogP contribution in [-0.2, 0) is 4.74 Å². The van der Waals surface area contributed by atoms with Crippen molar-refractivity contribution >= 4 is 25.2 Å². The van der Waals surface area contributed by atoms with Gasteiger partial charge in [-0.2, -0.15) is 0 Å². The molecule has 0 N–H and O–H groups in total. The van der Waals surface area contributed by atoms with Gasteiger partial charge in [0.15, 0.2) is 6.79 Å². The first kappa shape index (κ1) is 31.1. The van der Waals surface area contributed by atoms with Crippen molar-refractivity contribution in [1.29, 1.82) is 0 Å². The summed E-state index contributed by atoms with van der Waals surface area (Å²) in [5, 5.41) is 1.37. The summed E-state index contributed by atoms with van der Waals surface area (Å²) in [6, 6.07) is 13.2. The van der Waals surface area contributed by atoms with E-state index in [-0.39, 0.29) is 11.8 Å². The Morgan fingerprint density at radius 2 is 1.55 bits per heavy atom. The lowest BCUT2D eigenvalue weighted by Crippen LogP contribution is -2.43. The molecule has 0 bridgehead atoms. The number of fused-ring (bicyclic) bond motifs is 1. The fourth-order valence-electron chi connectivity index (χ4n) is 4.14. The van der Waals surface area contributed by atoms with Gasteiger partial charge in [0.05, 0.1) is 19.6 Å². The maximum Gasteiger partial charge on any atom is 0.415 e. The van der Waals surface area contributed by atoms with Crippen molar-refractivity contribution < 1.29 is 32.9 Å². The second-order valence-corrected chi connectivity index (χ2v) is 15.7. The van der Waals surface area contributed by atoms with Gasteiger partial charge in [0, 0.05) is 42.8 Å². The quantitative estimate of drug-likeness (QED) is 0.173. The summed E-state index contributed by atoms with van der Waals surface area (Å²) < 4.78 is 35.3. The topological polar surface area (TPSA) is 75.7 Å². The van der Waals surface area contributed by atoms with E-state index in [9.17, 15) is 4.79 Å². The Morgan fingerprint density at radius 1 is 0.875 bits per heavy atom. The first-order chi connectivity index (χ1) is 18.9. The molecule has 0 aliphatic rings. The lowest BCUT2D eigenvalue weighted by Gasteiger charge is -2.36. The third kappa shape index (κ3) is 6.47. The van der Waals surface area contributed by atoms with Crippen LogP contribution in [0.2, 0.25) is 18.1 Å². The normalized spacial score (nSPS) is 11.8. The molecule has 0 unspecified atom stereocenters. The van der Waals surface area contributed by atoms with Gasteiger partial charge in [-0.1, -0.05) is 32.9 Å². The number of methoxy groups -OCH3 is 3. The van der Waals surface area contributed by atoms with Gasteiger partial charge < -0.3 is 33.0 Å². The van der Waals surface area contributed by atoms with Crippen molar-refractivity contribution in [3.63, 3.8) is 0 Å². The molecule has 218 valence electrons. The molecule has 0 fully saturated rings. The number of carbonyl (C=O) groups excluding carboxylic acids is 1. The molecule has 0 heterocycles. The molecule has 3 aromatic rings. The van der Waals surface area contributed by atoms with E-state index in [4.69, 9.17) is 28.1 Å². The minimum absolute atomic E-state index is 0.0407. The molecule has 8 nitrogen and oxygen atoms in total. The number of hydrogen-bond acceptors (Lipinski definition) is 7. The molecule has 3 rings (SSSR count). The number of carbonyl (C=O) groups is 1. The second kappa shape index (κ2) is 12.8. The number of ether oxygens (including phenoxy) is 5. The Kier molecular flexibility index (Phi) is 9.97. The highest BCUT2D eigenvalue weighted by atomic mass is 28.4. The first-order valence-corrected chi connectivity index (χ1v) is 16.4. The summed E-state index contributed by atoms with van der Waals surface area (Å²) in [7, 11) is 2.70. The Balaban J connectivity index is 2.28. The zero-order valence-corrected chi connectivity index (χ0v) is 26.5. The van der Waals surface area contributed by atoms with Gasteiger partial charge >= 0.3 is 6.09 Å². The van der Waals surface area contributed by atoms with Gasteiger partial charge in [-0.3, -0.25) is 0 Å². The highest BCUT2D eigenvalue weighted by Gasteiger charge is 2.39. The average Bonchev–Trinajstić information content (AvgIpc) is 2.91. The SMILES string of the molecule is CCN(CC)C(=O)Oc1c(-c2ccc(O[Si](C)(C)C(C)(C)C)cc2OC)cc(OC)c2c(OCOC)cccc12. The van der Waals surface area contributed by atoms with E-state index in [1.54, 1.807) is 26.2 Å². The standard InChI is InChI=1S/C31H43NO7Si/c1-11-32(12-2)30(33)38-29-23-14-13-15-25(37-20-34-6)28(23)27(36-8)19-24(29)22-17-16-21(18-26(22)35-7)39-40(9,10)31(3,4)5/h13-19H,11-12,20H2,1-10H3. The molecule has 0 aliphatic carbocycles. The van der Waals surface area contributed by atoms with Gasteiger partial charge in [0.1, 0.15) is 28.7 Å². The Morgan fingerprint density at radius 3 is 2.12 bits per heavy atom. The van der Waals surface area contributed by atoms with E-state index in [1.807, 2.05) is 56.3 Å². The second-order valence-electron chi connectivity index (χ2n) is 10.9. The predicted molar refractivity (Wildman–Crippen MR) is 162 cm³/mol. The largest absolute Gasteiger partial charge is 0.543 e. The van der Waals surface area contributed by atoms with Crippen LogP contribution in [0, 0.1) is 0 Å². The number of rotatable bonds is 11. The van der Waals surface area contributed by atoms with Gasteiger partial charge in [0.25, 0.3) is 0 Å². The summed E-state index contributed by atoms with van der Waals surface area (Å²) in [5.41, 5.74) is 1.38. The number of amides is 1. The lowest BCUT2D eigenvalue weighted by atomic mass is 9.97. The molecule has 0 saturated carbocycles. The lowest BCUT2D eigenvalue weighted by molar-refractivity contribution is 0.0521. The van der Waals surface area contributed by atoms with Gasteiger partial charge in [-0.05, 0) is 56.2 Å². The summed E-state index contributed by atoms with van der Waals surface area (Å²) in [6.07, 6.45) is -0.447. The van der Waals surface area contributed by atoms with Crippen LogP contribution in [0.3, 0.4) is 0 Å². The van der Waals surface area contributed by atoms with Crippen molar-refractivity contribution in [2.24, 2.45) is 0 Å². The van der Waals surface area contributed by atoms with Crippen molar-refractivity contribution in [1.82, 2.24) is 4.90 Å². The average molecular weight is 570 g/mol. The van der Waals surface area contributed by atoms with E-state index in [2.05, 4.69) is 33.9 Å². The Labute approximate surface area is 239 Å². The summed E-state index contributed by atoms with van der Waals surface area (Å²) in [4.78, 5) is 14.9. The Hall–Kier alpha value is -3.43.